The maximum Gasteiger partial charge on any atom is 0.124 e. The molecule has 0 aliphatic carbocycles. The molecule has 3 heteroatoms. The van der Waals surface area contributed by atoms with Crippen LogP contribution in [0.3, 0.4) is 0 Å². The zero-order valence-corrected chi connectivity index (χ0v) is 15.3. The highest BCUT2D eigenvalue weighted by Crippen LogP contribution is 2.25. The van der Waals surface area contributed by atoms with Crippen molar-refractivity contribution < 1.29 is 4.74 Å². The van der Waals surface area contributed by atoms with Gasteiger partial charge in [-0.2, -0.15) is 0 Å². The van der Waals surface area contributed by atoms with E-state index in [0.29, 0.717) is 18.2 Å². The largest absolute Gasteiger partial charge is 0.489 e. The number of hydrogen-bond acceptors (Lipinski definition) is 2. The van der Waals surface area contributed by atoms with Crippen molar-refractivity contribution in [2.45, 2.75) is 27.0 Å². The molecule has 0 bridgehead atoms. The molecule has 0 saturated carbocycles. The molecule has 1 N–H and O–H groups in total. The first-order chi connectivity index (χ1) is 12.1. The Morgan fingerprint density at radius 2 is 1.68 bits per heavy atom. The Morgan fingerprint density at radius 1 is 0.880 bits per heavy atom. The van der Waals surface area contributed by atoms with Crippen LogP contribution in [0.15, 0.2) is 66.7 Å². The molecule has 0 amide bonds. The third-order valence-electron chi connectivity index (χ3n) is 4.03. The first-order valence-corrected chi connectivity index (χ1v) is 8.75. The molecule has 128 valence electrons. The molecule has 25 heavy (non-hydrogen) atoms. The predicted molar refractivity (Wildman–Crippen MR) is 105 cm³/mol. The Hall–Kier alpha value is -2.45. The predicted octanol–water partition coefficient (Wildman–Crippen LogP) is 6.15. The van der Waals surface area contributed by atoms with E-state index in [1.807, 2.05) is 18.2 Å². The van der Waals surface area contributed by atoms with Crippen LogP contribution in [0.25, 0.3) is 0 Å². The smallest absolute Gasteiger partial charge is 0.124 e. The molecule has 0 unspecified atom stereocenters. The van der Waals surface area contributed by atoms with Gasteiger partial charge in [0.2, 0.25) is 0 Å². The third kappa shape index (κ3) is 5.01. The third-order valence-corrected chi connectivity index (χ3v) is 4.27. The van der Waals surface area contributed by atoms with Gasteiger partial charge in [0.25, 0.3) is 0 Å². The lowest BCUT2D eigenvalue weighted by molar-refractivity contribution is 0.303. The molecule has 0 radical (unpaired) electrons. The number of benzene rings is 3. The molecular weight excluding hydrogens is 330 g/mol. The molecule has 0 saturated heterocycles. The van der Waals surface area contributed by atoms with Gasteiger partial charge in [-0.15, -0.1) is 0 Å². The fraction of sp³-hybridized carbons (Fsp3) is 0.182. The second kappa shape index (κ2) is 8.09. The summed E-state index contributed by atoms with van der Waals surface area (Å²) in [6.07, 6.45) is 0. The minimum absolute atomic E-state index is 0.543. The summed E-state index contributed by atoms with van der Waals surface area (Å²) < 4.78 is 6.04. The first-order valence-electron chi connectivity index (χ1n) is 8.37. The fourth-order valence-corrected chi connectivity index (χ4v) is 2.85. The molecule has 3 rings (SSSR count). The Labute approximate surface area is 154 Å². The van der Waals surface area contributed by atoms with E-state index in [-0.39, 0.29) is 0 Å². The van der Waals surface area contributed by atoms with E-state index in [4.69, 9.17) is 16.3 Å². The van der Waals surface area contributed by atoms with E-state index in [0.717, 1.165) is 22.6 Å². The highest BCUT2D eigenvalue weighted by molar-refractivity contribution is 6.30. The molecular formula is C22H22ClNO. The second-order valence-corrected chi connectivity index (χ2v) is 6.69. The SMILES string of the molecule is Cc1ccc(NCc2cc(Cl)ccc2OCc2cccc(C)c2)cc1. The summed E-state index contributed by atoms with van der Waals surface area (Å²) in [5.74, 6) is 0.852. The monoisotopic (exact) mass is 351 g/mol. The first kappa shape index (κ1) is 17.4. The van der Waals surface area contributed by atoms with Gasteiger partial charge in [0, 0.05) is 22.8 Å². The number of nitrogens with one attached hydrogen (secondary N) is 1. The molecule has 0 heterocycles. The number of anilines is 1. The van der Waals surface area contributed by atoms with Crippen LogP contribution in [0.1, 0.15) is 22.3 Å². The summed E-state index contributed by atoms with van der Waals surface area (Å²) in [4.78, 5) is 0. The molecule has 0 aliphatic heterocycles. The number of aryl methyl sites for hydroxylation is 2. The molecule has 3 aromatic carbocycles. The van der Waals surface area contributed by atoms with Crippen molar-refractivity contribution >= 4 is 17.3 Å². The van der Waals surface area contributed by atoms with Crippen LogP contribution in [0, 0.1) is 13.8 Å². The Balaban J connectivity index is 1.70. The normalized spacial score (nSPS) is 10.5. The van der Waals surface area contributed by atoms with Crippen molar-refractivity contribution in [1.82, 2.24) is 0 Å². The van der Waals surface area contributed by atoms with Crippen molar-refractivity contribution in [3.63, 3.8) is 0 Å². The zero-order valence-electron chi connectivity index (χ0n) is 14.6. The van der Waals surface area contributed by atoms with Gasteiger partial charge in [-0.05, 0) is 49.7 Å². The summed E-state index contributed by atoms with van der Waals surface area (Å²) in [5.41, 5.74) is 5.76. The Kier molecular flexibility index (Phi) is 5.62. The van der Waals surface area contributed by atoms with Gasteiger partial charge in [-0.25, -0.2) is 0 Å². The van der Waals surface area contributed by atoms with Crippen molar-refractivity contribution in [3.05, 3.63) is 94.0 Å². The Morgan fingerprint density at radius 3 is 2.44 bits per heavy atom. The van der Waals surface area contributed by atoms with Crippen LogP contribution in [-0.2, 0) is 13.2 Å². The van der Waals surface area contributed by atoms with E-state index < -0.39 is 0 Å². The van der Waals surface area contributed by atoms with Crippen LogP contribution in [0.4, 0.5) is 5.69 Å². The molecule has 0 aromatic heterocycles. The second-order valence-electron chi connectivity index (χ2n) is 6.25. The average Bonchev–Trinajstić information content (AvgIpc) is 2.60. The van der Waals surface area contributed by atoms with Crippen LogP contribution in [0.5, 0.6) is 5.75 Å². The van der Waals surface area contributed by atoms with E-state index in [9.17, 15) is 0 Å². The quantitative estimate of drug-likeness (QED) is 0.575. The van der Waals surface area contributed by atoms with Gasteiger partial charge in [-0.3, -0.25) is 0 Å². The summed E-state index contributed by atoms with van der Waals surface area (Å²) in [7, 11) is 0. The van der Waals surface area contributed by atoms with Gasteiger partial charge in [0.05, 0.1) is 0 Å². The van der Waals surface area contributed by atoms with E-state index in [1.165, 1.54) is 11.1 Å². The summed E-state index contributed by atoms with van der Waals surface area (Å²) in [6.45, 7) is 5.37. The minimum Gasteiger partial charge on any atom is -0.489 e. The standard InChI is InChI=1S/C22H22ClNO/c1-16-6-9-21(10-7-16)24-14-19-13-20(23)8-11-22(19)25-15-18-5-3-4-17(2)12-18/h3-13,24H,14-15H2,1-2H3. The van der Waals surface area contributed by atoms with Gasteiger partial charge >= 0.3 is 0 Å². The van der Waals surface area contributed by atoms with Crippen LogP contribution < -0.4 is 10.1 Å². The molecule has 2 nitrogen and oxygen atoms in total. The van der Waals surface area contributed by atoms with E-state index in [2.05, 4.69) is 67.7 Å². The maximum atomic E-state index is 6.17. The minimum atomic E-state index is 0.543. The molecule has 0 spiro atoms. The van der Waals surface area contributed by atoms with E-state index >= 15 is 0 Å². The molecule has 0 aliphatic rings. The summed E-state index contributed by atoms with van der Waals surface area (Å²) in [6, 6.07) is 22.4. The molecule has 0 fully saturated rings. The van der Waals surface area contributed by atoms with Crippen LogP contribution in [-0.4, -0.2) is 0 Å². The van der Waals surface area contributed by atoms with Gasteiger partial charge in [-0.1, -0.05) is 59.1 Å². The lowest BCUT2D eigenvalue weighted by atomic mass is 10.1. The van der Waals surface area contributed by atoms with Crippen LogP contribution >= 0.6 is 11.6 Å². The van der Waals surface area contributed by atoms with Crippen molar-refractivity contribution in [3.8, 4) is 5.75 Å². The fourth-order valence-electron chi connectivity index (χ4n) is 2.66. The van der Waals surface area contributed by atoms with Gasteiger partial charge in [0.1, 0.15) is 12.4 Å². The molecule has 0 atom stereocenters. The average molecular weight is 352 g/mol. The lowest BCUT2D eigenvalue weighted by Crippen LogP contribution is -2.04. The van der Waals surface area contributed by atoms with Crippen molar-refractivity contribution in [1.29, 1.82) is 0 Å². The van der Waals surface area contributed by atoms with Crippen LogP contribution in [0.2, 0.25) is 5.02 Å². The highest BCUT2D eigenvalue weighted by Gasteiger charge is 2.06. The Bertz CT molecular complexity index is 843. The highest BCUT2D eigenvalue weighted by atomic mass is 35.5. The number of ether oxygens (including phenoxy) is 1. The summed E-state index contributed by atoms with van der Waals surface area (Å²) >= 11 is 6.17. The van der Waals surface area contributed by atoms with Gasteiger partial charge in [0.15, 0.2) is 0 Å². The van der Waals surface area contributed by atoms with E-state index in [1.54, 1.807) is 0 Å². The topological polar surface area (TPSA) is 21.3 Å². The lowest BCUT2D eigenvalue weighted by Gasteiger charge is -2.14. The van der Waals surface area contributed by atoms with Crippen molar-refractivity contribution in [2.75, 3.05) is 5.32 Å². The number of rotatable bonds is 6. The number of halogens is 1. The number of hydrogen-bond donors (Lipinski definition) is 1. The molecule has 3 aromatic rings. The zero-order chi connectivity index (χ0) is 17.6. The van der Waals surface area contributed by atoms with Crippen molar-refractivity contribution in [2.24, 2.45) is 0 Å². The maximum absolute atomic E-state index is 6.17. The summed E-state index contributed by atoms with van der Waals surface area (Å²) in [5, 5.41) is 4.14. The van der Waals surface area contributed by atoms with Gasteiger partial charge < -0.3 is 10.1 Å².